The van der Waals surface area contributed by atoms with Crippen LogP contribution in [-0.2, 0) is 13.0 Å². The minimum atomic E-state index is 0.559. The third kappa shape index (κ3) is 2.83. The lowest BCUT2D eigenvalue weighted by molar-refractivity contribution is 0.413. The van der Waals surface area contributed by atoms with Crippen molar-refractivity contribution in [2.75, 3.05) is 30.9 Å². The number of anilines is 2. The molecule has 2 aromatic rings. The van der Waals surface area contributed by atoms with Gasteiger partial charge in [0.15, 0.2) is 0 Å². The zero-order chi connectivity index (χ0) is 15.8. The van der Waals surface area contributed by atoms with Crippen molar-refractivity contribution in [3.05, 3.63) is 41.2 Å². The summed E-state index contributed by atoms with van der Waals surface area (Å²) in [6.07, 6.45) is 3.45. The maximum absolute atomic E-state index is 5.33. The largest absolute Gasteiger partial charge is 0.497 e. The van der Waals surface area contributed by atoms with Gasteiger partial charge in [0.05, 0.1) is 7.11 Å². The molecular weight excluding hydrogens is 288 g/mol. The van der Waals surface area contributed by atoms with Gasteiger partial charge in [0.2, 0.25) is 0 Å². The number of hydrogen-bond acceptors (Lipinski definition) is 5. The van der Waals surface area contributed by atoms with Crippen molar-refractivity contribution in [1.29, 1.82) is 0 Å². The highest BCUT2D eigenvalue weighted by Crippen LogP contribution is 2.39. The molecule has 4 rings (SSSR count). The van der Waals surface area contributed by atoms with Gasteiger partial charge in [-0.25, -0.2) is 9.97 Å². The fourth-order valence-corrected chi connectivity index (χ4v) is 3.12. The first-order chi connectivity index (χ1) is 11.3. The fraction of sp³-hybridized carbons (Fsp3) is 0.444. The van der Waals surface area contributed by atoms with Gasteiger partial charge in [-0.2, -0.15) is 0 Å². The average Bonchev–Trinajstić information content (AvgIpc) is 3.45. The molecule has 5 nitrogen and oxygen atoms in total. The molecule has 23 heavy (non-hydrogen) atoms. The van der Waals surface area contributed by atoms with Crippen molar-refractivity contribution in [2.45, 2.75) is 31.7 Å². The Balaban J connectivity index is 1.62. The van der Waals surface area contributed by atoms with Crippen molar-refractivity contribution < 1.29 is 4.74 Å². The molecule has 1 fully saturated rings. The molecule has 0 radical (unpaired) electrons. The maximum atomic E-state index is 5.33. The van der Waals surface area contributed by atoms with E-state index in [9.17, 15) is 0 Å². The Kier molecular flexibility index (Phi) is 3.56. The molecule has 1 aromatic heterocycles. The van der Waals surface area contributed by atoms with E-state index < -0.39 is 0 Å². The van der Waals surface area contributed by atoms with Crippen LogP contribution in [0.25, 0.3) is 0 Å². The molecule has 1 aliphatic carbocycles. The number of ether oxygens (including phenoxy) is 1. The molecule has 0 unspecified atom stereocenters. The van der Waals surface area contributed by atoms with E-state index in [2.05, 4.69) is 33.4 Å². The van der Waals surface area contributed by atoms with Crippen LogP contribution in [0.4, 0.5) is 11.6 Å². The fourth-order valence-electron chi connectivity index (χ4n) is 3.12. The number of nitrogens with zero attached hydrogens (tertiary/aromatic N) is 3. The number of methoxy groups -OCH3 is 1. The summed E-state index contributed by atoms with van der Waals surface area (Å²) in [5, 5.41) is 3.17. The monoisotopic (exact) mass is 310 g/mol. The average molecular weight is 310 g/mol. The molecule has 120 valence electrons. The van der Waals surface area contributed by atoms with Gasteiger partial charge < -0.3 is 15.0 Å². The quantitative estimate of drug-likeness (QED) is 0.941. The van der Waals surface area contributed by atoms with Gasteiger partial charge in [-0.05, 0) is 42.5 Å². The van der Waals surface area contributed by atoms with Gasteiger partial charge in [-0.15, -0.1) is 0 Å². The van der Waals surface area contributed by atoms with E-state index >= 15 is 0 Å². The molecule has 1 aromatic carbocycles. The summed E-state index contributed by atoms with van der Waals surface area (Å²) in [6, 6.07) is 8.42. The Morgan fingerprint density at radius 3 is 2.78 bits per heavy atom. The highest BCUT2D eigenvalue weighted by molar-refractivity contribution is 5.52. The van der Waals surface area contributed by atoms with Crippen molar-refractivity contribution in [3.8, 4) is 5.75 Å². The minimum absolute atomic E-state index is 0.559. The Hall–Kier alpha value is -2.30. The molecule has 0 amide bonds. The summed E-state index contributed by atoms with van der Waals surface area (Å²) >= 11 is 0. The first-order valence-corrected chi connectivity index (χ1v) is 8.24. The van der Waals surface area contributed by atoms with E-state index in [0.29, 0.717) is 5.92 Å². The van der Waals surface area contributed by atoms with E-state index in [1.165, 1.54) is 24.0 Å². The van der Waals surface area contributed by atoms with Crippen LogP contribution in [-0.4, -0.2) is 30.7 Å². The van der Waals surface area contributed by atoms with Crippen LogP contribution >= 0.6 is 0 Å². The molecule has 0 bridgehead atoms. The lowest BCUT2D eigenvalue weighted by atomic mass is 9.99. The number of hydrogen-bond donors (Lipinski definition) is 1. The number of nitrogens with one attached hydrogen (secondary N) is 1. The Morgan fingerprint density at radius 1 is 1.17 bits per heavy atom. The summed E-state index contributed by atoms with van der Waals surface area (Å²) in [6.45, 7) is 1.87. The second kappa shape index (κ2) is 5.72. The first kappa shape index (κ1) is 14.3. The Bertz CT molecular complexity index is 727. The summed E-state index contributed by atoms with van der Waals surface area (Å²) in [7, 11) is 3.64. The third-order valence-electron chi connectivity index (χ3n) is 4.68. The Labute approximate surface area is 136 Å². The standard InChI is InChI=1S/C18H22N4O/c1-19-16-10-17(21-18(20-16)12-3-4-12)22-8-7-13-9-15(23-2)6-5-14(13)11-22/h5-6,9-10,12H,3-4,7-8,11H2,1-2H3,(H,19,20,21). The molecule has 0 atom stereocenters. The molecule has 2 heterocycles. The lowest BCUT2D eigenvalue weighted by Crippen LogP contribution is -2.31. The Morgan fingerprint density at radius 2 is 2.04 bits per heavy atom. The van der Waals surface area contributed by atoms with Crippen molar-refractivity contribution >= 4 is 11.6 Å². The molecular formula is C18H22N4O. The molecule has 1 N–H and O–H groups in total. The molecule has 1 aliphatic heterocycles. The van der Waals surface area contributed by atoms with E-state index in [1.54, 1.807) is 7.11 Å². The number of aromatic nitrogens is 2. The van der Waals surface area contributed by atoms with Crippen LogP contribution in [0.3, 0.4) is 0 Å². The lowest BCUT2D eigenvalue weighted by Gasteiger charge is -2.30. The number of fused-ring (bicyclic) bond motifs is 1. The SMILES string of the molecule is CNc1cc(N2CCc3cc(OC)ccc3C2)nc(C2CC2)n1. The van der Waals surface area contributed by atoms with Crippen molar-refractivity contribution in [1.82, 2.24) is 9.97 Å². The summed E-state index contributed by atoms with van der Waals surface area (Å²) in [5.41, 5.74) is 2.74. The first-order valence-electron chi connectivity index (χ1n) is 8.24. The van der Waals surface area contributed by atoms with Crippen LogP contribution in [0.2, 0.25) is 0 Å². The summed E-state index contributed by atoms with van der Waals surface area (Å²) in [4.78, 5) is 11.8. The van der Waals surface area contributed by atoms with E-state index in [4.69, 9.17) is 9.72 Å². The van der Waals surface area contributed by atoms with Gasteiger partial charge >= 0.3 is 0 Å². The van der Waals surface area contributed by atoms with E-state index in [-0.39, 0.29) is 0 Å². The van der Waals surface area contributed by atoms with E-state index in [0.717, 1.165) is 42.7 Å². The van der Waals surface area contributed by atoms with Crippen LogP contribution in [0.1, 0.15) is 35.7 Å². The molecule has 0 spiro atoms. The van der Waals surface area contributed by atoms with E-state index in [1.807, 2.05) is 13.1 Å². The normalized spacial score (nSPS) is 16.9. The van der Waals surface area contributed by atoms with Crippen LogP contribution < -0.4 is 15.0 Å². The smallest absolute Gasteiger partial charge is 0.136 e. The summed E-state index contributed by atoms with van der Waals surface area (Å²) < 4.78 is 5.33. The van der Waals surface area contributed by atoms with Crippen LogP contribution in [0.15, 0.2) is 24.3 Å². The maximum Gasteiger partial charge on any atom is 0.136 e. The minimum Gasteiger partial charge on any atom is -0.497 e. The predicted octanol–water partition coefficient (Wildman–Crippen LogP) is 2.97. The van der Waals surface area contributed by atoms with Crippen molar-refractivity contribution in [2.24, 2.45) is 0 Å². The highest BCUT2D eigenvalue weighted by Gasteiger charge is 2.28. The molecule has 2 aliphatic rings. The molecule has 1 saturated carbocycles. The number of rotatable bonds is 4. The second-order valence-corrected chi connectivity index (χ2v) is 6.30. The molecule has 5 heteroatoms. The second-order valence-electron chi connectivity index (χ2n) is 6.30. The zero-order valence-electron chi connectivity index (χ0n) is 13.7. The summed E-state index contributed by atoms with van der Waals surface area (Å²) in [5.74, 6) is 4.44. The van der Waals surface area contributed by atoms with Gasteiger partial charge in [0.25, 0.3) is 0 Å². The predicted molar refractivity (Wildman–Crippen MR) is 91.3 cm³/mol. The molecule has 0 saturated heterocycles. The van der Waals surface area contributed by atoms with Gasteiger partial charge in [-0.3, -0.25) is 0 Å². The van der Waals surface area contributed by atoms with Gasteiger partial charge in [-0.1, -0.05) is 6.07 Å². The topological polar surface area (TPSA) is 50.3 Å². The third-order valence-corrected chi connectivity index (χ3v) is 4.68. The van der Waals surface area contributed by atoms with Gasteiger partial charge in [0, 0.05) is 32.1 Å². The van der Waals surface area contributed by atoms with Gasteiger partial charge in [0.1, 0.15) is 23.2 Å². The van der Waals surface area contributed by atoms with Crippen LogP contribution in [0, 0.1) is 0 Å². The highest BCUT2D eigenvalue weighted by atomic mass is 16.5. The number of benzene rings is 1. The van der Waals surface area contributed by atoms with Crippen LogP contribution in [0.5, 0.6) is 5.75 Å². The van der Waals surface area contributed by atoms with Crippen molar-refractivity contribution in [3.63, 3.8) is 0 Å². The zero-order valence-corrected chi connectivity index (χ0v) is 13.7.